The van der Waals surface area contributed by atoms with Crippen molar-refractivity contribution < 1.29 is 9.53 Å². The molecule has 0 bridgehead atoms. The number of carbonyl (C=O) groups excluding carboxylic acids is 1. The second-order valence-corrected chi connectivity index (χ2v) is 6.80. The molecule has 2 aromatic heterocycles. The Kier molecular flexibility index (Phi) is 5.72. The zero-order chi connectivity index (χ0) is 18.5. The van der Waals surface area contributed by atoms with Crippen LogP contribution in [0.5, 0.6) is 0 Å². The van der Waals surface area contributed by atoms with Gasteiger partial charge in [-0.1, -0.05) is 0 Å². The summed E-state index contributed by atoms with van der Waals surface area (Å²) in [6.07, 6.45) is 7.26. The van der Waals surface area contributed by atoms with Crippen molar-refractivity contribution in [1.82, 2.24) is 14.9 Å². The van der Waals surface area contributed by atoms with Crippen LogP contribution in [0.15, 0.2) is 24.5 Å². The van der Waals surface area contributed by atoms with E-state index in [-0.39, 0.29) is 17.8 Å². The van der Waals surface area contributed by atoms with Gasteiger partial charge in [0, 0.05) is 37.4 Å². The maximum absolute atomic E-state index is 12.7. The van der Waals surface area contributed by atoms with Crippen LogP contribution in [-0.2, 0) is 16.3 Å². The van der Waals surface area contributed by atoms with Gasteiger partial charge >= 0.3 is 0 Å². The molecule has 0 aliphatic heterocycles. The number of guanidine groups is 1. The number of nitrogens with one attached hydrogen (secondary N) is 3. The fourth-order valence-electron chi connectivity index (χ4n) is 3.56. The summed E-state index contributed by atoms with van der Waals surface area (Å²) in [6, 6.07) is 3.78. The first-order chi connectivity index (χ1) is 12.6. The number of nitrogens with two attached hydrogens (primary N) is 1. The van der Waals surface area contributed by atoms with E-state index in [0.29, 0.717) is 19.2 Å². The lowest BCUT2D eigenvalue weighted by molar-refractivity contribution is -0.121. The lowest BCUT2D eigenvalue weighted by Gasteiger charge is -2.28. The molecule has 8 heteroatoms. The Labute approximate surface area is 152 Å². The van der Waals surface area contributed by atoms with E-state index in [4.69, 9.17) is 15.9 Å². The standard InChI is InChI=1S/C18H26N6O2/c1-26-11-24-9-7-14-15(6-8-21-16(14)24)23-17(25)13-4-2-12(3-5-13)10-22-18(19)20/h6-9,12-13H,2-5,10-11H2,1H3,(H4,19,20,22)(H,21,23,25)/t12-,13-. The van der Waals surface area contributed by atoms with Gasteiger partial charge in [-0.05, 0) is 43.7 Å². The molecule has 3 rings (SSSR count). The Bertz CT molecular complexity index is 779. The monoisotopic (exact) mass is 358 g/mol. The van der Waals surface area contributed by atoms with Gasteiger partial charge in [0.1, 0.15) is 12.4 Å². The molecule has 2 heterocycles. The minimum absolute atomic E-state index is 0.00646. The summed E-state index contributed by atoms with van der Waals surface area (Å²) >= 11 is 0. The Morgan fingerprint density at radius 2 is 2.15 bits per heavy atom. The predicted octanol–water partition coefficient (Wildman–Crippen LogP) is 1.87. The highest BCUT2D eigenvalue weighted by atomic mass is 16.5. The first-order valence-corrected chi connectivity index (χ1v) is 8.90. The van der Waals surface area contributed by atoms with Crippen LogP contribution in [0.3, 0.4) is 0 Å². The number of carbonyl (C=O) groups is 1. The molecule has 140 valence electrons. The van der Waals surface area contributed by atoms with E-state index >= 15 is 0 Å². The molecule has 2 aromatic rings. The highest BCUT2D eigenvalue weighted by Gasteiger charge is 2.26. The van der Waals surface area contributed by atoms with E-state index in [9.17, 15) is 4.79 Å². The summed E-state index contributed by atoms with van der Waals surface area (Å²) in [5.41, 5.74) is 6.91. The number of aromatic nitrogens is 2. The number of hydrogen-bond donors (Lipinski definition) is 4. The van der Waals surface area contributed by atoms with E-state index in [1.807, 2.05) is 22.9 Å². The molecule has 0 spiro atoms. The molecule has 0 saturated heterocycles. The van der Waals surface area contributed by atoms with Crippen molar-refractivity contribution in [3.63, 3.8) is 0 Å². The zero-order valence-corrected chi connectivity index (χ0v) is 15.0. The molecule has 1 aliphatic rings. The zero-order valence-electron chi connectivity index (χ0n) is 15.0. The molecule has 0 radical (unpaired) electrons. The number of rotatable bonds is 6. The first-order valence-electron chi connectivity index (χ1n) is 8.90. The van der Waals surface area contributed by atoms with Crippen molar-refractivity contribution in [2.45, 2.75) is 32.4 Å². The fourth-order valence-corrected chi connectivity index (χ4v) is 3.56. The Hall–Kier alpha value is -2.61. The van der Waals surface area contributed by atoms with Crippen LogP contribution in [-0.4, -0.2) is 35.1 Å². The van der Waals surface area contributed by atoms with Crippen molar-refractivity contribution >= 4 is 28.6 Å². The number of methoxy groups -OCH3 is 1. The van der Waals surface area contributed by atoms with E-state index in [2.05, 4.69) is 15.6 Å². The number of ether oxygens (including phenoxy) is 1. The number of amides is 1. The minimum atomic E-state index is 0.00646. The van der Waals surface area contributed by atoms with Crippen LogP contribution in [0, 0.1) is 17.2 Å². The Morgan fingerprint density at radius 3 is 2.85 bits per heavy atom. The average molecular weight is 358 g/mol. The summed E-state index contributed by atoms with van der Waals surface area (Å²) in [5, 5.41) is 14.1. The van der Waals surface area contributed by atoms with E-state index in [1.165, 1.54) is 0 Å². The quantitative estimate of drug-likeness (QED) is 0.464. The Balaban J connectivity index is 1.60. The molecule has 26 heavy (non-hydrogen) atoms. The van der Waals surface area contributed by atoms with Gasteiger partial charge in [0.15, 0.2) is 5.96 Å². The third-order valence-corrected chi connectivity index (χ3v) is 4.99. The van der Waals surface area contributed by atoms with Crippen LogP contribution in [0.4, 0.5) is 5.69 Å². The van der Waals surface area contributed by atoms with Crippen LogP contribution < -0.4 is 16.4 Å². The molecule has 0 aromatic carbocycles. The topological polar surface area (TPSA) is 118 Å². The van der Waals surface area contributed by atoms with Crippen molar-refractivity contribution in [1.29, 1.82) is 5.41 Å². The maximum Gasteiger partial charge on any atom is 0.227 e. The maximum atomic E-state index is 12.7. The van der Waals surface area contributed by atoms with Gasteiger partial charge in [-0.15, -0.1) is 0 Å². The highest BCUT2D eigenvalue weighted by Crippen LogP contribution is 2.30. The van der Waals surface area contributed by atoms with Gasteiger partial charge in [0.05, 0.1) is 5.69 Å². The van der Waals surface area contributed by atoms with E-state index in [1.54, 1.807) is 13.3 Å². The summed E-state index contributed by atoms with van der Waals surface area (Å²) < 4.78 is 7.07. The number of nitrogens with zero attached hydrogens (tertiary/aromatic N) is 2. The summed E-state index contributed by atoms with van der Waals surface area (Å²) in [4.78, 5) is 17.1. The van der Waals surface area contributed by atoms with Gasteiger partial charge in [-0.3, -0.25) is 10.2 Å². The predicted molar refractivity (Wildman–Crippen MR) is 101 cm³/mol. The smallest absolute Gasteiger partial charge is 0.227 e. The fraction of sp³-hybridized carbons (Fsp3) is 0.500. The van der Waals surface area contributed by atoms with Gasteiger partial charge < -0.3 is 25.7 Å². The first kappa shape index (κ1) is 18.2. The van der Waals surface area contributed by atoms with Crippen molar-refractivity contribution in [3.05, 3.63) is 24.5 Å². The molecule has 1 fully saturated rings. The molecular formula is C18H26N6O2. The third kappa shape index (κ3) is 4.13. The van der Waals surface area contributed by atoms with Crippen molar-refractivity contribution in [2.75, 3.05) is 19.0 Å². The Morgan fingerprint density at radius 1 is 1.38 bits per heavy atom. The van der Waals surface area contributed by atoms with Crippen LogP contribution in [0.2, 0.25) is 0 Å². The second-order valence-electron chi connectivity index (χ2n) is 6.80. The highest BCUT2D eigenvalue weighted by molar-refractivity contribution is 6.01. The molecule has 0 unspecified atom stereocenters. The van der Waals surface area contributed by atoms with E-state index < -0.39 is 0 Å². The molecule has 8 nitrogen and oxygen atoms in total. The third-order valence-electron chi connectivity index (χ3n) is 4.99. The van der Waals surface area contributed by atoms with Crippen LogP contribution in [0.25, 0.3) is 11.0 Å². The van der Waals surface area contributed by atoms with Crippen molar-refractivity contribution in [3.8, 4) is 0 Å². The lowest BCUT2D eigenvalue weighted by atomic mass is 9.81. The van der Waals surface area contributed by atoms with E-state index in [0.717, 1.165) is 42.4 Å². The summed E-state index contributed by atoms with van der Waals surface area (Å²) in [7, 11) is 1.64. The van der Waals surface area contributed by atoms with Gasteiger partial charge in [-0.2, -0.15) is 0 Å². The average Bonchev–Trinajstić information content (AvgIpc) is 3.05. The number of pyridine rings is 1. The number of fused-ring (bicyclic) bond motifs is 1. The van der Waals surface area contributed by atoms with Gasteiger partial charge in [-0.25, -0.2) is 4.98 Å². The summed E-state index contributed by atoms with van der Waals surface area (Å²) in [6.45, 7) is 1.13. The van der Waals surface area contributed by atoms with Gasteiger partial charge in [0.25, 0.3) is 0 Å². The van der Waals surface area contributed by atoms with Crippen LogP contribution in [0.1, 0.15) is 25.7 Å². The largest absolute Gasteiger partial charge is 0.370 e. The molecule has 1 saturated carbocycles. The molecule has 1 amide bonds. The van der Waals surface area contributed by atoms with Crippen molar-refractivity contribution in [2.24, 2.45) is 17.6 Å². The van der Waals surface area contributed by atoms with Crippen LogP contribution >= 0.6 is 0 Å². The number of hydrogen-bond acceptors (Lipinski definition) is 4. The normalized spacial score (nSPS) is 20.0. The minimum Gasteiger partial charge on any atom is -0.370 e. The SMILES string of the molecule is COCn1ccc2c(NC(=O)[C@H]3CC[C@H](CNC(=N)N)CC3)ccnc21. The molecule has 1 aliphatic carbocycles. The molecule has 0 atom stereocenters. The molecular weight excluding hydrogens is 332 g/mol. The second kappa shape index (κ2) is 8.18. The summed E-state index contributed by atoms with van der Waals surface area (Å²) in [5.74, 6) is 0.563. The molecule has 5 N–H and O–H groups in total. The lowest BCUT2D eigenvalue weighted by Crippen LogP contribution is -2.36. The van der Waals surface area contributed by atoms with Gasteiger partial charge in [0.2, 0.25) is 5.91 Å². The number of anilines is 1.